The van der Waals surface area contributed by atoms with Crippen molar-refractivity contribution >= 4 is 0 Å². The molecule has 3 N–H and O–H groups in total. The summed E-state index contributed by atoms with van der Waals surface area (Å²) >= 11 is 0. The van der Waals surface area contributed by atoms with Crippen LogP contribution in [0, 0.1) is 5.92 Å². The van der Waals surface area contributed by atoms with Gasteiger partial charge in [-0.1, -0.05) is 0 Å². The molecule has 0 aromatic heterocycles. The minimum absolute atomic E-state index is 0.544. The Morgan fingerprint density at radius 1 is 1.55 bits per heavy atom. The topological polar surface area (TPSA) is 47.3 Å². The van der Waals surface area contributed by atoms with E-state index in [1.54, 1.807) is 0 Å². The minimum Gasteiger partial charge on any atom is -0.378 e. The van der Waals surface area contributed by atoms with Crippen molar-refractivity contribution in [2.75, 3.05) is 13.2 Å². The second-order valence-electron chi connectivity index (χ2n) is 3.16. The smallest absolute Gasteiger partial charge is 0.0580 e. The molecule has 11 heavy (non-hydrogen) atoms. The van der Waals surface area contributed by atoms with Crippen LogP contribution in [0.4, 0.5) is 0 Å². The fourth-order valence-corrected chi connectivity index (χ4v) is 1.57. The number of ether oxygens (including phenoxy) is 1. The maximum atomic E-state index is 5.44. The average molecular weight is 158 g/mol. The van der Waals surface area contributed by atoms with Crippen LogP contribution in [0.3, 0.4) is 0 Å². The van der Waals surface area contributed by atoms with E-state index in [1.165, 1.54) is 19.3 Å². The molecule has 0 aromatic carbocycles. The molecule has 3 nitrogen and oxygen atoms in total. The highest BCUT2D eigenvalue weighted by molar-refractivity contribution is 4.80. The van der Waals surface area contributed by atoms with E-state index in [9.17, 15) is 0 Å². The summed E-state index contributed by atoms with van der Waals surface area (Å²) in [6.07, 6.45) is 4.20. The fraction of sp³-hybridized carbons (Fsp3) is 1.00. The highest BCUT2D eigenvalue weighted by atomic mass is 16.5. The van der Waals surface area contributed by atoms with Crippen LogP contribution in [0.15, 0.2) is 0 Å². The highest BCUT2D eigenvalue weighted by Gasteiger charge is 2.28. The summed E-state index contributed by atoms with van der Waals surface area (Å²) in [4.78, 5) is 0. The lowest BCUT2D eigenvalue weighted by atomic mass is 9.80. The SMILES string of the molecule is CCOC1CC(CCNN)C1. The molecule has 0 amide bonds. The molecule has 1 fully saturated rings. The second-order valence-corrected chi connectivity index (χ2v) is 3.16. The number of nitrogens with two attached hydrogens (primary N) is 1. The molecule has 0 aromatic rings. The normalized spacial score (nSPS) is 30.0. The van der Waals surface area contributed by atoms with E-state index < -0.39 is 0 Å². The summed E-state index contributed by atoms with van der Waals surface area (Å²) in [5.74, 6) is 6.02. The lowest BCUT2D eigenvalue weighted by molar-refractivity contribution is -0.0263. The van der Waals surface area contributed by atoms with Crippen molar-refractivity contribution in [2.24, 2.45) is 11.8 Å². The average Bonchev–Trinajstić information content (AvgIpc) is 1.94. The van der Waals surface area contributed by atoms with Crippen LogP contribution < -0.4 is 11.3 Å². The molecular formula is C8H18N2O. The summed E-state index contributed by atoms with van der Waals surface area (Å²) in [5, 5.41) is 0. The molecular weight excluding hydrogens is 140 g/mol. The van der Waals surface area contributed by atoms with E-state index in [0.717, 1.165) is 19.1 Å². The Balaban J connectivity index is 1.92. The van der Waals surface area contributed by atoms with Crippen LogP contribution in [0.2, 0.25) is 0 Å². The van der Waals surface area contributed by atoms with Gasteiger partial charge in [0.15, 0.2) is 0 Å². The zero-order valence-corrected chi connectivity index (χ0v) is 7.18. The van der Waals surface area contributed by atoms with Gasteiger partial charge in [0.05, 0.1) is 6.10 Å². The predicted octanol–water partition coefficient (Wildman–Crippen LogP) is 0.655. The molecule has 66 valence electrons. The van der Waals surface area contributed by atoms with Crippen molar-refractivity contribution in [3.05, 3.63) is 0 Å². The third-order valence-corrected chi connectivity index (χ3v) is 2.29. The van der Waals surface area contributed by atoms with Crippen LogP contribution in [-0.2, 0) is 4.74 Å². The van der Waals surface area contributed by atoms with Crippen molar-refractivity contribution in [2.45, 2.75) is 32.3 Å². The Hall–Kier alpha value is -0.120. The summed E-state index contributed by atoms with van der Waals surface area (Å²) < 4.78 is 5.44. The lowest BCUT2D eigenvalue weighted by Crippen LogP contribution is -2.34. The minimum atomic E-state index is 0.544. The fourth-order valence-electron chi connectivity index (χ4n) is 1.57. The molecule has 0 bridgehead atoms. The van der Waals surface area contributed by atoms with Gasteiger partial charge in [0.25, 0.3) is 0 Å². The van der Waals surface area contributed by atoms with Gasteiger partial charge in [0.1, 0.15) is 0 Å². The summed E-state index contributed by atoms with van der Waals surface area (Å²) in [6.45, 7) is 3.84. The van der Waals surface area contributed by atoms with Gasteiger partial charge in [-0.25, -0.2) is 0 Å². The maximum absolute atomic E-state index is 5.44. The Bertz CT molecular complexity index is 102. The number of rotatable bonds is 5. The lowest BCUT2D eigenvalue weighted by Gasteiger charge is -2.34. The first-order valence-electron chi connectivity index (χ1n) is 4.41. The van der Waals surface area contributed by atoms with Gasteiger partial charge < -0.3 is 4.74 Å². The second kappa shape index (κ2) is 4.70. The van der Waals surface area contributed by atoms with Gasteiger partial charge in [-0.3, -0.25) is 11.3 Å². The summed E-state index contributed by atoms with van der Waals surface area (Å²) in [6, 6.07) is 0. The summed E-state index contributed by atoms with van der Waals surface area (Å²) in [5.41, 5.74) is 2.67. The molecule has 1 aliphatic rings. The third-order valence-electron chi connectivity index (χ3n) is 2.29. The summed E-state index contributed by atoms with van der Waals surface area (Å²) in [7, 11) is 0. The Labute approximate surface area is 68.3 Å². The molecule has 1 saturated carbocycles. The zero-order chi connectivity index (χ0) is 8.10. The molecule has 0 atom stereocenters. The number of nitrogens with one attached hydrogen (secondary N) is 1. The molecule has 1 rings (SSSR count). The first-order valence-corrected chi connectivity index (χ1v) is 4.41. The Kier molecular flexibility index (Phi) is 3.83. The monoisotopic (exact) mass is 158 g/mol. The Morgan fingerprint density at radius 2 is 2.27 bits per heavy atom. The standard InChI is InChI=1S/C8H18N2O/c1-2-11-8-5-7(6-8)3-4-10-9/h7-8,10H,2-6,9H2,1H3. The van der Waals surface area contributed by atoms with Crippen LogP contribution >= 0.6 is 0 Å². The zero-order valence-electron chi connectivity index (χ0n) is 7.18. The Morgan fingerprint density at radius 3 is 2.82 bits per heavy atom. The van der Waals surface area contributed by atoms with Crippen LogP contribution in [0.25, 0.3) is 0 Å². The molecule has 0 spiro atoms. The van der Waals surface area contributed by atoms with Gasteiger partial charge in [-0.15, -0.1) is 0 Å². The maximum Gasteiger partial charge on any atom is 0.0580 e. The molecule has 0 unspecified atom stereocenters. The van der Waals surface area contributed by atoms with Gasteiger partial charge in [0.2, 0.25) is 0 Å². The third kappa shape index (κ3) is 2.77. The van der Waals surface area contributed by atoms with E-state index in [2.05, 4.69) is 12.3 Å². The van der Waals surface area contributed by atoms with Crippen LogP contribution in [-0.4, -0.2) is 19.3 Å². The number of hydrazine groups is 1. The van der Waals surface area contributed by atoms with E-state index in [1.807, 2.05) is 0 Å². The molecule has 0 aliphatic heterocycles. The number of hydrogen-bond donors (Lipinski definition) is 2. The van der Waals surface area contributed by atoms with Crippen molar-refractivity contribution in [3.63, 3.8) is 0 Å². The van der Waals surface area contributed by atoms with Crippen LogP contribution in [0.1, 0.15) is 26.2 Å². The molecule has 3 heteroatoms. The van der Waals surface area contributed by atoms with Gasteiger partial charge in [-0.05, 0) is 32.1 Å². The molecule has 0 heterocycles. The van der Waals surface area contributed by atoms with Gasteiger partial charge in [-0.2, -0.15) is 0 Å². The van der Waals surface area contributed by atoms with E-state index >= 15 is 0 Å². The van der Waals surface area contributed by atoms with Gasteiger partial charge >= 0.3 is 0 Å². The predicted molar refractivity (Wildman–Crippen MR) is 44.9 cm³/mol. The first-order chi connectivity index (χ1) is 5.36. The van der Waals surface area contributed by atoms with E-state index in [0.29, 0.717) is 6.10 Å². The molecule has 0 radical (unpaired) electrons. The molecule has 0 saturated heterocycles. The largest absolute Gasteiger partial charge is 0.378 e. The van der Waals surface area contributed by atoms with Crippen molar-refractivity contribution < 1.29 is 4.74 Å². The van der Waals surface area contributed by atoms with Crippen molar-refractivity contribution in [1.82, 2.24) is 5.43 Å². The van der Waals surface area contributed by atoms with Crippen molar-refractivity contribution in [3.8, 4) is 0 Å². The first kappa shape index (κ1) is 8.97. The molecule has 1 aliphatic carbocycles. The van der Waals surface area contributed by atoms with E-state index in [4.69, 9.17) is 10.6 Å². The van der Waals surface area contributed by atoms with Crippen LogP contribution in [0.5, 0.6) is 0 Å². The van der Waals surface area contributed by atoms with Crippen molar-refractivity contribution in [1.29, 1.82) is 0 Å². The van der Waals surface area contributed by atoms with E-state index in [-0.39, 0.29) is 0 Å². The van der Waals surface area contributed by atoms with Gasteiger partial charge in [0, 0.05) is 13.2 Å². The highest BCUT2D eigenvalue weighted by Crippen LogP contribution is 2.32. The number of hydrogen-bond acceptors (Lipinski definition) is 3. The quantitative estimate of drug-likeness (QED) is 0.456.